The molecule has 0 spiro atoms. The van der Waals surface area contributed by atoms with Crippen LogP contribution < -0.4 is 9.47 Å². The fraction of sp³-hybridized carbons (Fsp3) is 0.308. The molecule has 3 nitrogen and oxygen atoms in total. The maximum absolute atomic E-state index is 5.32. The maximum Gasteiger partial charge on any atom is 0.148 e. The van der Waals surface area contributed by atoms with Crippen LogP contribution in [0.1, 0.15) is 11.3 Å². The molecular weight excluding hydrogens is 202 g/mol. The Balaban J connectivity index is 2.79. The van der Waals surface area contributed by atoms with Gasteiger partial charge in [-0.15, -0.1) is 0 Å². The number of pyridine rings is 1. The first-order chi connectivity index (χ1) is 7.65. The first kappa shape index (κ1) is 10.7. The summed E-state index contributed by atoms with van der Waals surface area (Å²) in [6.45, 7) is 4.05. The van der Waals surface area contributed by atoms with Crippen LogP contribution in [0.2, 0.25) is 0 Å². The lowest BCUT2D eigenvalue weighted by molar-refractivity contribution is 0.397. The van der Waals surface area contributed by atoms with E-state index in [4.69, 9.17) is 9.47 Å². The monoisotopic (exact) mass is 217 g/mol. The molecule has 0 aliphatic rings. The molecule has 0 aliphatic carbocycles. The van der Waals surface area contributed by atoms with Crippen molar-refractivity contribution in [3.63, 3.8) is 0 Å². The van der Waals surface area contributed by atoms with Gasteiger partial charge in [-0.1, -0.05) is 0 Å². The van der Waals surface area contributed by atoms with Crippen molar-refractivity contribution in [3.8, 4) is 11.5 Å². The molecule has 0 saturated carbocycles. The van der Waals surface area contributed by atoms with E-state index in [0.717, 1.165) is 28.1 Å². The predicted molar refractivity (Wildman–Crippen MR) is 64.3 cm³/mol. The third kappa shape index (κ3) is 1.69. The standard InChI is InChI=1S/C13H15NO2/c1-8-5-10-6-11(15-3)7-12(16-4)13(10)14-9(8)2/h5-7H,1-4H3. The van der Waals surface area contributed by atoms with Crippen molar-refractivity contribution in [1.29, 1.82) is 0 Å². The van der Waals surface area contributed by atoms with Crippen LogP contribution in [0.5, 0.6) is 11.5 Å². The molecule has 0 aliphatic heterocycles. The van der Waals surface area contributed by atoms with Gasteiger partial charge in [0.25, 0.3) is 0 Å². The molecule has 3 heteroatoms. The van der Waals surface area contributed by atoms with Crippen molar-refractivity contribution in [1.82, 2.24) is 4.98 Å². The molecule has 0 bridgehead atoms. The highest BCUT2D eigenvalue weighted by Crippen LogP contribution is 2.30. The van der Waals surface area contributed by atoms with Crippen molar-refractivity contribution in [3.05, 3.63) is 29.5 Å². The Morgan fingerprint density at radius 1 is 1.00 bits per heavy atom. The topological polar surface area (TPSA) is 31.4 Å². The lowest BCUT2D eigenvalue weighted by Gasteiger charge is -2.09. The largest absolute Gasteiger partial charge is 0.497 e. The molecular formula is C13H15NO2. The van der Waals surface area contributed by atoms with E-state index in [9.17, 15) is 0 Å². The van der Waals surface area contributed by atoms with Crippen molar-refractivity contribution in [2.24, 2.45) is 0 Å². The van der Waals surface area contributed by atoms with E-state index < -0.39 is 0 Å². The number of aryl methyl sites for hydroxylation is 2. The lowest BCUT2D eigenvalue weighted by atomic mass is 10.1. The zero-order chi connectivity index (χ0) is 11.7. The van der Waals surface area contributed by atoms with Gasteiger partial charge in [0, 0.05) is 17.1 Å². The summed E-state index contributed by atoms with van der Waals surface area (Å²) < 4.78 is 10.5. The summed E-state index contributed by atoms with van der Waals surface area (Å²) in [6, 6.07) is 5.92. The van der Waals surface area contributed by atoms with Gasteiger partial charge in [-0.25, -0.2) is 4.98 Å². The number of hydrogen-bond acceptors (Lipinski definition) is 3. The quantitative estimate of drug-likeness (QED) is 0.775. The average molecular weight is 217 g/mol. The van der Waals surface area contributed by atoms with Gasteiger partial charge in [0.15, 0.2) is 0 Å². The molecule has 2 aromatic rings. The molecule has 0 unspecified atom stereocenters. The molecule has 84 valence electrons. The second-order valence-corrected chi connectivity index (χ2v) is 3.79. The van der Waals surface area contributed by atoms with E-state index in [-0.39, 0.29) is 0 Å². The van der Waals surface area contributed by atoms with Crippen LogP contribution in [0.15, 0.2) is 18.2 Å². The summed E-state index contributed by atoms with van der Waals surface area (Å²) in [5.41, 5.74) is 3.07. The number of fused-ring (bicyclic) bond motifs is 1. The Hall–Kier alpha value is -1.77. The molecule has 0 radical (unpaired) electrons. The zero-order valence-corrected chi connectivity index (χ0v) is 10.00. The minimum Gasteiger partial charge on any atom is -0.497 e. The van der Waals surface area contributed by atoms with Crippen LogP contribution in [0.4, 0.5) is 0 Å². The summed E-state index contributed by atoms with van der Waals surface area (Å²) in [7, 11) is 3.29. The third-order valence-electron chi connectivity index (χ3n) is 2.76. The van der Waals surface area contributed by atoms with Gasteiger partial charge >= 0.3 is 0 Å². The predicted octanol–water partition coefficient (Wildman–Crippen LogP) is 2.87. The molecule has 0 amide bonds. The van der Waals surface area contributed by atoms with E-state index in [1.54, 1.807) is 14.2 Å². The van der Waals surface area contributed by atoms with Crippen LogP contribution in [0.3, 0.4) is 0 Å². The minimum absolute atomic E-state index is 0.748. The number of ether oxygens (including phenoxy) is 2. The van der Waals surface area contributed by atoms with Crippen LogP contribution in [-0.4, -0.2) is 19.2 Å². The van der Waals surface area contributed by atoms with E-state index in [0.29, 0.717) is 0 Å². The molecule has 1 aromatic heterocycles. The van der Waals surface area contributed by atoms with Gasteiger partial charge in [0.05, 0.1) is 14.2 Å². The van der Waals surface area contributed by atoms with Crippen molar-refractivity contribution >= 4 is 10.9 Å². The van der Waals surface area contributed by atoms with Gasteiger partial charge in [0.1, 0.15) is 17.0 Å². The summed E-state index contributed by atoms with van der Waals surface area (Å²) in [5, 5.41) is 1.04. The normalized spacial score (nSPS) is 10.5. The lowest BCUT2D eigenvalue weighted by Crippen LogP contribution is -1.94. The van der Waals surface area contributed by atoms with Gasteiger partial charge in [-0.2, -0.15) is 0 Å². The number of benzene rings is 1. The van der Waals surface area contributed by atoms with E-state index >= 15 is 0 Å². The highest BCUT2D eigenvalue weighted by atomic mass is 16.5. The van der Waals surface area contributed by atoms with Crippen molar-refractivity contribution in [2.75, 3.05) is 14.2 Å². The van der Waals surface area contributed by atoms with E-state index in [1.807, 2.05) is 26.0 Å². The summed E-state index contributed by atoms with van der Waals surface area (Å²) in [6.07, 6.45) is 0. The van der Waals surface area contributed by atoms with Gasteiger partial charge in [-0.05, 0) is 31.5 Å². The van der Waals surface area contributed by atoms with Gasteiger partial charge in [-0.3, -0.25) is 0 Å². The summed E-state index contributed by atoms with van der Waals surface area (Å²) in [4.78, 5) is 4.54. The molecule has 1 aromatic carbocycles. The first-order valence-corrected chi connectivity index (χ1v) is 5.15. The number of nitrogens with zero attached hydrogens (tertiary/aromatic N) is 1. The molecule has 0 atom stereocenters. The van der Waals surface area contributed by atoms with E-state index in [1.165, 1.54) is 5.56 Å². The Bertz CT molecular complexity index is 535. The Kier molecular flexibility index (Phi) is 2.69. The summed E-state index contributed by atoms with van der Waals surface area (Å²) in [5.74, 6) is 1.53. The van der Waals surface area contributed by atoms with Crippen LogP contribution in [0.25, 0.3) is 10.9 Å². The Morgan fingerprint density at radius 2 is 1.75 bits per heavy atom. The van der Waals surface area contributed by atoms with E-state index in [2.05, 4.69) is 11.1 Å². The second-order valence-electron chi connectivity index (χ2n) is 3.79. The molecule has 2 rings (SSSR count). The average Bonchev–Trinajstić information content (AvgIpc) is 2.29. The Labute approximate surface area is 95.0 Å². The highest BCUT2D eigenvalue weighted by molar-refractivity contribution is 5.87. The molecule has 1 heterocycles. The zero-order valence-electron chi connectivity index (χ0n) is 10.00. The van der Waals surface area contributed by atoms with Gasteiger partial charge in [0.2, 0.25) is 0 Å². The second kappa shape index (κ2) is 4.00. The van der Waals surface area contributed by atoms with Gasteiger partial charge < -0.3 is 9.47 Å². The number of methoxy groups -OCH3 is 2. The molecule has 0 N–H and O–H groups in total. The van der Waals surface area contributed by atoms with Crippen LogP contribution in [0, 0.1) is 13.8 Å². The van der Waals surface area contributed by atoms with Crippen LogP contribution >= 0.6 is 0 Å². The van der Waals surface area contributed by atoms with Crippen molar-refractivity contribution < 1.29 is 9.47 Å². The van der Waals surface area contributed by atoms with Crippen molar-refractivity contribution in [2.45, 2.75) is 13.8 Å². The third-order valence-corrected chi connectivity index (χ3v) is 2.76. The molecule has 0 saturated heterocycles. The highest BCUT2D eigenvalue weighted by Gasteiger charge is 2.08. The maximum atomic E-state index is 5.32. The first-order valence-electron chi connectivity index (χ1n) is 5.15. The number of aromatic nitrogens is 1. The fourth-order valence-electron chi connectivity index (χ4n) is 1.70. The Morgan fingerprint density at radius 3 is 2.38 bits per heavy atom. The fourth-order valence-corrected chi connectivity index (χ4v) is 1.70. The van der Waals surface area contributed by atoms with Crippen LogP contribution in [-0.2, 0) is 0 Å². The number of rotatable bonds is 2. The smallest absolute Gasteiger partial charge is 0.148 e. The minimum atomic E-state index is 0.748. The SMILES string of the molecule is COc1cc(OC)c2nc(C)c(C)cc2c1. The number of hydrogen-bond donors (Lipinski definition) is 0. The summed E-state index contributed by atoms with van der Waals surface area (Å²) >= 11 is 0. The molecule has 16 heavy (non-hydrogen) atoms. The molecule has 0 fully saturated rings.